The lowest BCUT2D eigenvalue weighted by Gasteiger charge is -2.38. The number of likely N-dealkylation sites (tertiary alicyclic amines) is 1. The van der Waals surface area contributed by atoms with Gasteiger partial charge in [-0.15, -0.1) is 0 Å². The number of hydrogen-bond acceptors (Lipinski definition) is 4. The fraction of sp³-hybridized carbons (Fsp3) is 0.550. The molecule has 2 heterocycles. The third-order valence-electron chi connectivity index (χ3n) is 6.05. The summed E-state index contributed by atoms with van der Waals surface area (Å²) in [7, 11) is 0. The van der Waals surface area contributed by atoms with Crippen LogP contribution in [0.2, 0.25) is 0 Å². The van der Waals surface area contributed by atoms with Gasteiger partial charge in [-0.25, -0.2) is 4.79 Å². The number of amides is 2. The van der Waals surface area contributed by atoms with Gasteiger partial charge in [-0.1, -0.05) is 24.3 Å². The number of nitrogens with zero attached hydrogens (tertiary/aromatic N) is 2. The van der Waals surface area contributed by atoms with E-state index in [0.29, 0.717) is 32.5 Å². The fourth-order valence-electron chi connectivity index (χ4n) is 4.52. The van der Waals surface area contributed by atoms with E-state index in [2.05, 4.69) is 12.1 Å². The van der Waals surface area contributed by atoms with Crippen molar-refractivity contribution in [2.24, 2.45) is 0 Å². The van der Waals surface area contributed by atoms with E-state index in [1.165, 1.54) is 10.5 Å². The third kappa shape index (κ3) is 3.38. The van der Waals surface area contributed by atoms with Gasteiger partial charge in [0.2, 0.25) is 5.91 Å². The van der Waals surface area contributed by atoms with Gasteiger partial charge >= 0.3 is 12.1 Å². The average Bonchev–Trinajstić information content (AvgIpc) is 3.21. The molecule has 0 aromatic heterocycles. The molecule has 1 spiro atoms. The minimum absolute atomic E-state index is 0.0616. The summed E-state index contributed by atoms with van der Waals surface area (Å²) in [6.45, 7) is 1.71. The molecule has 2 fully saturated rings. The molecule has 0 radical (unpaired) electrons. The number of benzene rings is 1. The van der Waals surface area contributed by atoms with Gasteiger partial charge in [-0.3, -0.25) is 9.59 Å². The molecule has 1 aromatic rings. The van der Waals surface area contributed by atoms with Gasteiger partial charge in [0.15, 0.2) is 0 Å². The van der Waals surface area contributed by atoms with Crippen LogP contribution in [0.4, 0.5) is 4.79 Å². The topological polar surface area (TPSA) is 87.2 Å². The molecule has 0 unspecified atom stereocenters. The molecule has 3 aliphatic rings. The Morgan fingerprint density at radius 2 is 1.96 bits per heavy atom. The number of fused-ring (bicyclic) bond motifs is 1. The first-order valence-electron chi connectivity index (χ1n) is 9.54. The Kier molecular flexibility index (Phi) is 4.53. The van der Waals surface area contributed by atoms with Crippen LogP contribution in [0, 0.1) is 0 Å². The van der Waals surface area contributed by atoms with E-state index < -0.39 is 17.7 Å². The summed E-state index contributed by atoms with van der Waals surface area (Å²) < 4.78 is 5.60. The first-order valence-corrected chi connectivity index (χ1v) is 9.54. The molecule has 1 N–H and O–H groups in total. The number of piperidine rings is 1. The van der Waals surface area contributed by atoms with Crippen molar-refractivity contribution >= 4 is 18.0 Å². The van der Waals surface area contributed by atoms with Crippen molar-refractivity contribution in [3.8, 4) is 0 Å². The molecule has 7 heteroatoms. The van der Waals surface area contributed by atoms with Gasteiger partial charge in [0, 0.05) is 32.5 Å². The third-order valence-corrected chi connectivity index (χ3v) is 6.05. The summed E-state index contributed by atoms with van der Waals surface area (Å²) >= 11 is 0. The minimum atomic E-state index is -0.930. The minimum Gasteiger partial charge on any atom is -0.481 e. The normalized spacial score (nSPS) is 23.4. The highest BCUT2D eigenvalue weighted by Crippen LogP contribution is 2.37. The van der Waals surface area contributed by atoms with Gasteiger partial charge < -0.3 is 19.6 Å². The van der Waals surface area contributed by atoms with Crippen LogP contribution in [0.3, 0.4) is 0 Å². The predicted molar refractivity (Wildman–Crippen MR) is 96.4 cm³/mol. The Morgan fingerprint density at radius 1 is 1.22 bits per heavy atom. The monoisotopic (exact) mass is 372 g/mol. The zero-order valence-electron chi connectivity index (χ0n) is 15.2. The van der Waals surface area contributed by atoms with E-state index >= 15 is 0 Å². The second-order valence-corrected chi connectivity index (χ2v) is 7.73. The van der Waals surface area contributed by atoms with E-state index in [0.717, 1.165) is 18.4 Å². The summed E-state index contributed by atoms with van der Waals surface area (Å²) in [5.41, 5.74) is 1.83. The van der Waals surface area contributed by atoms with Crippen LogP contribution in [0.5, 0.6) is 0 Å². The second kappa shape index (κ2) is 6.87. The second-order valence-electron chi connectivity index (χ2n) is 7.73. The maximum absolute atomic E-state index is 13.0. The first kappa shape index (κ1) is 17.8. The van der Waals surface area contributed by atoms with Crippen molar-refractivity contribution < 1.29 is 24.2 Å². The predicted octanol–water partition coefficient (Wildman–Crippen LogP) is 2.00. The Morgan fingerprint density at radius 3 is 2.70 bits per heavy atom. The van der Waals surface area contributed by atoms with Crippen molar-refractivity contribution in [1.29, 1.82) is 0 Å². The smallest absolute Gasteiger partial charge is 0.410 e. The summed E-state index contributed by atoms with van der Waals surface area (Å²) in [6, 6.07) is 8.15. The van der Waals surface area contributed by atoms with E-state index in [-0.39, 0.29) is 24.8 Å². The standard InChI is InChI=1S/C20H24N2O5/c23-17(24)7-10-22-13-20(27-19(22)26)8-11-21(12-9-20)18(25)16-6-5-14-3-1-2-4-15(14)16/h1-4,16H,5-13H2,(H,23,24)/t16-/m0/s1. The number of carboxylic acids is 1. The van der Waals surface area contributed by atoms with E-state index in [9.17, 15) is 14.4 Å². The molecule has 1 aromatic carbocycles. The number of hydrogen-bond donors (Lipinski definition) is 1. The summed E-state index contributed by atoms with van der Waals surface area (Å²) in [4.78, 5) is 39.2. The molecule has 27 heavy (non-hydrogen) atoms. The maximum Gasteiger partial charge on any atom is 0.410 e. The molecule has 1 aliphatic carbocycles. The molecule has 7 nitrogen and oxygen atoms in total. The molecule has 4 rings (SSSR count). The lowest BCUT2D eigenvalue weighted by molar-refractivity contribution is -0.138. The summed E-state index contributed by atoms with van der Waals surface area (Å²) in [5.74, 6) is -0.823. The van der Waals surface area contributed by atoms with Crippen LogP contribution >= 0.6 is 0 Å². The number of ether oxygens (including phenoxy) is 1. The Balaban J connectivity index is 1.36. The van der Waals surface area contributed by atoms with Gasteiger partial charge in [0.25, 0.3) is 0 Å². The van der Waals surface area contributed by atoms with Crippen molar-refractivity contribution in [2.75, 3.05) is 26.2 Å². The molecule has 2 amide bonds. The number of aryl methyl sites for hydroxylation is 1. The number of aliphatic carboxylic acids is 1. The number of carbonyl (C=O) groups is 3. The molecule has 1 atom stereocenters. The van der Waals surface area contributed by atoms with Crippen molar-refractivity contribution in [2.45, 2.75) is 43.6 Å². The SMILES string of the molecule is O=C(O)CCN1CC2(CCN(C(=O)[C@H]3CCc4ccccc43)CC2)OC1=O. The quantitative estimate of drug-likeness (QED) is 0.874. The molecule has 0 bridgehead atoms. The van der Waals surface area contributed by atoms with Crippen LogP contribution in [-0.4, -0.2) is 64.7 Å². The van der Waals surface area contributed by atoms with Crippen LogP contribution in [0.1, 0.15) is 42.7 Å². The zero-order chi connectivity index (χ0) is 19.0. The maximum atomic E-state index is 13.0. The average molecular weight is 372 g/mol. The van der Waals surface area contributed by atoms with Gasteiger partial charge in [0.05, 0.1) is 18.9 Å². The summed E-state index contributed by atoms with van der Waals surface area (Å²) in [5, 5.41) is 8.81. The van der Waals surface area contributed by atoms with E-state index in [1.54, 1.807) is 0 Å². The van der Waals surface area contributed by atoms with Crippen LogP contribution < -0.4 is 0 Å². The van der Waals surface area contributed by atoms with Gasteiger partial charge in [-0.2, -0.15) is 0 Å². The Labute approximate surface area is 157 Å². The zero-order valence-corrected chi connectivity index (χ0v) is 15.2. The van der Waals surface area contributed by atoms with Gasteiger partial charge in [0.1, 0.15) is 5.60 Å². The fourth-order valence-corrected chi connectivity index (χ4v) is 4.52. The largest absolute Gasteiger partial charge is 0.481 e. The van der Waals surface area contributed by atoms with Crippen molar-refractivity contribution in [3.05, 3.63) is 35.4 Å². The van der Waals surface area contributed by atoms with Crippen LogP contribution in [0.15, 0.2) is 24.3 Å². The highest BCUT2D eigenvalue weighted by molar-refractivity contribution is 5.85. The molecule has 144 valence electrons. The van der Waals surface area contributed by atoms with Crippen LogP contribution in [0.25, 0.3) is 0 Å². The lowest BCUT2D eigenvalue weighted by atomic mass is 9.90. The Bertz CT molecular complexity index is 769. The summed E-state index contributed by atoms with van der Waals surface area (Å²) in [6.07, 6.45) is 2.47. The molecular weight excluding hydrogens is 348 g/mol. The Hall–Kier alpha value is -2.57. The first-order chi connectivity index (χ1) is 13.0. The van der Waals surface area contributed by atoms with E-state index in [1.807, 2.05) is 17.0 Å². The number of carbonyl (C=O) groups excluding carboxylic acids is 2. The molecule has 2 saturated heterocycles. The van der Waals surface area contributed by atoms with Crippen molar-refractivity contribution in [3.63, 3.8) is 0 Å². The molecular formula is C20H24N2O5. The van der Waals surface area contributed by atoms with E-state index in [4.69, 9.17) is 9.84 Å². The highest BCUT2D eigenvalue weighted by atomic mass is 16.6. The van der Waals surface area contributed by atoms with Crippen molar-refractivity contribution in [1.82, 2.24) is 9.80 Å². The number of rotatable bonds is 4. The lowest BCUT2D eigenvalue weighted by Crippen LogP contribution is -2.49. The molecule has 0 saturated carbocycles. The number of carboxylic acid groups (broad SMARTS) is 1. The van der Waals surface area contributed by atoms with Crippen LogP contribution in [-0.2, 0) is 20.7 Å². The molecule has 2 aliphatic heterocycles. The highest BCUT2D eigenvalue weighted by Gasteiger charge is 2.48. The van der Waals surface area contributed by atoms with Gasteiger partial charge in [-0.05, 0) is 24.0 Å².